The average molecular weight is 337 g/mol. The van der Waals surface area contributed by atoms with Crippen LogP contribution in [-0.2, 0) is 6.42 Å². The molecular formula is C22H15N3O. The topological polar surface area (TPSA) is 90.7 Å². The number of rotatable bonds is 4. The fraction of sp³-hybridized carbons (Fsp3) is 0.0455. The fourth-order valence-electron chi connectivity index (χ4n) is 2.92. The maximum Gasteiger partial charge on any atom is 0.249 e. The minimum absolute atomic E-state index is 0.445. The van der Waals surface area contributed by atoms with E-state index < -0.39 is 5.91 Å². The Hall–Kier alpha value is -3.89. The van der Waals surface area contributed by atoms with Gasteiger partial charge in [-0.05, 0) is 59.0 Å². The minimum Gasteiger partial charge on any atom is -0.366 e. The Labute approximate surface area is 151 Å². The van der Waals surface area contributed by atoms with Gasteiger partial charge in [-0.2, -0.15) is 10.5 Å². The van der Waals surface area contributed by atoms with Crippen LogP contribution in [0.25, 0.3) is 11.1 Å². The quantitative estimate of drug-likeness (QED) is 0.785. The molecule has 0 unspecified atom stereocenters. The Morgan fingerprint density at radius 1 is 0.846 bits per heavy atom. The summed E-state index contributed by atoms with van der Waals surface area (Å²) in [5, 5.41) is 17.9. The second-order valence-corrected chi connectivity index (χ2v) is 5.88. The molecule has 124 valence electrons. The van der Waals surface area contributed by atoms with Crippen LogP contribution >= 0.6 is 0 Å². The van der Waals surface area contributed by atoms with Crippen LogP contribution in [0.3, 0.4) is 0 Å². The lowest BCUT2D eigenvalue weighted by atomic mass is 9.90. The number of primary amides is 1. The van der Waals surface area contributed by atoms with Crippen molar-refractivity contribution in [1.82, 2.24) is 0 Å². The van der Waals surface area contributed by atoms with Gasteiger partial charge in [0, 0.05) is 5.56 Å². The van der Waals surface area contributed by atoms with Gasteiger partial charge in [0.05, 0.1) is 23.3 Å². The molecule has 0 atom stereocenters. The Kier molecular flexibility index (Phi) is 4.78. The Morgan fingerprint density at radius 3 is 1.96 bits per heavy atom. The number of carbonyl (C=O) groups is 1. The molecule has 3 aromatic carbocycles. The van der Waals surface area contributed by atoms with E-state index in [4.69, 9.17) is 16.3 Å². The maximum absolute atomic E-state index is 11.9. The minimum atomic E-state index is -0.494. The Morgan fingerprint density at radius 2 is 1.42 bits per heavy atom. The van der Waals surface area contributed by atoms with Crippen LogP contribution in [0.4, 0.5) is 0 Å². The molecule has 0 spiro atoms. The lowest BCUT2D eigenvalue weighted by Gasteiger charge is -2.14. The first-order valence-electron chi connectivity index (χ1n) is 8.03. The number of benzene rings is 3. The molecule has 4 nitrogen and oxygen atoms in total. The lowest BCUT2D eigenvalue weighted by Crippen LogP contribution is -2.13. The third-order valence-corrected chi connectivity index (χ3v) is 4.20. The summed E-state index contributed by atoms with van der Waals surface area (Å²) in [7, 11) is 0. The number of carbonyl (C=O) groups excluding carboxylic acids is 1. The molecule has 0 aliphatic rings. The molecular weight excluding hydrogens is 322 g/mol. The van der Waals surface area contributed by atoms with E-state index in [9.17, 15) is 4.79 Å². The Bertz CT molecular complexity index is 1040. The maximum atomic E-state index is 11.9. The van der Waals surface area contributed by atoms with E-state index in [1.165, 1.54) is 0 Å². The summed E-state index contributed by atoms with van der Waals surface area (Å²) in [4.78, 5) is 11.9. The van der Waals surface area contributed by atoms with Crippen molar-refractivity contribution in [1.29, 1.82) is 10.5 Å². The standard InChI is InChI=1S/C22H15N3O/c23-13-16-6-4-15(5-7-16)12-19-2-1-3-20(22(25)26)21(19)18-10-8-17(14-24)9-11-18/h1-11H,12H2,(H2,25,26). The summed E-state index contributed by atoms with van der Waals surface area (Å²) in [6, 6.07) is 24.1. The van der Waals surface area contributed by atoms with E-state index in [1.807, 2.05) is 36.4 Å². The van der Waals surface area contributed by atoms with Gasteiger partial charge < -0.3 is 5.73 Å². The molecule has 0 saturated carbocycles. The van der Waals surface area contributed by atoms with Crippen molar-refractivity contribution in [2.24, 2.45) is 5.73 Å². The van der Waals surface area contributed by atoms with Gasteiger partial charge in [-0.25, -0.2) is 0 Å². The van der Waals surface area contributed by atoms with E-state index in [-0.39, 0.29) is 0 Å². The summed E-state index contributed by atoms with van der Waals surface area (Å²) < 4.78 is 0. The van der Waals surface area contributed by atoms with Gasteiger partial charge in [-0.3, -0.25) is 4.79 Å². The third-order valence-electron chi connectivity index (χ3n) is 4.20. The SMILES string of the molecule is N#Cc1ccc(Cc2cccc(C(N)=O)c2-c2ccc(C#N)cc2)cc1. The highest BCUT2D eigenvalue weighted by Gasteiger charge is 2.15. The first-order valence-corrected chi connectivity index (χ1v) is 8.03. The van der Waals surface area contributed by atoms with Crippen LogP contribution in [0.15, 0.2) is 66.7 Å². The van der Waals surface area contributed by atoms with Crippen LogP contribution in [0.1, 0.15) is 32.6 Å². The molecule has 3 aromatic rings. The predicted molar refractivity (Wildman–Crippen MR) is 99.1 cm³/mol. The summed E-state index contributed by atoms with van der Waals surface area (Å²) in [6.07, 6.45) is 0.599. The monoisotopic (exact) mass is 337 g/mol. The van der Waals surface area contributed by atoms with Gasteiger partial charge in [0.25, 0.3) is 0 Å². The molecule has 1 amide bonds. The molecule has 0 aromatic heterocycles. The predicted octanol–water partition coefficient (Wildman–Crippen LogP) is 3.79. The van der Waals surface area contributed by atoms with Gasteiger partial charge in [0.2, 0.25) is 5.91 Å². The molecule has 0 aliphatic heterocycles. The molecule has 0 radical (unpaired) electrons. The van der Waals surface area contributed by atoms with Crippen molar-refractivity contribution in [2.75, 3.05) is 0 Å². The molecule has 3 rings (SSSR count). The van der Waals surface area contributed by atoms with Crippen LogP contribution in [0.2, 0.25) is 0 Å². The van der Waals surface area contributed by atoms with Gasteiger partial charge >= 0.3 is 0 Å². The normalized spacial score (nSPS) is 9.92. The van der Waals surface area contributed by atoms with E-state index in [1.54, 1.807) is 30.3 Å². The van der Waals surface area contributed by atoms with Crippen LogP contribution in [0, 0.1) is 22.7 Å². The van der Waals surface area contributed by atoms with E-state index in [2.05, 4.69) is 12.1 Å². The molecule has 4 heteroatoms. The molecule has 2 N–H and O–H groups in total. The van der Waals surface area contributed by atoms with Crippen molar-refractivity contribution < 1.29 is 4.79 Å². The highest BCUT2D eigenvalue weighted by atomic mass is 16.1. The molecule has 0 fully saturated rings. The fourth-order valence-corrected chi connectivity index (χ4v) is 2.92. The van der Waals surface area contributed by atoms with Gasteiger partial charge in [0.15, 0.2) is 0 Å². The molecule has 0 heterocycles. The summed E-state index contributed by atoms with van der Waals surface area (Å²) in [6.45, 7) is 0. The van der Waals surface area contributed by atoms with Crippen molar-refractivity contribution >= 4 is 5.91 Å². The van der Waals surface area contributed by atoms with E-state index >= 15 is 0 Å². The highest BCUT2D eigenvalue weighted by molar-refractivity contribution is 6.00. The Balaban J connectivity index is 2.09. The number of nitriles is 2. The number of hydrogen-bond acceptors (Lipinski definition) is 3. The van der Waals surface area contributed by atoms with Crippen molar-refractivity contribution in [2.45, 2.75) is 6.42 Å². The van der Waals surface area contributed by atoms with Gasteiger partial charge in [0.1, 0.15) is 0 Å². The van der Waals surface area contributed by atoms with Crippen molar-refractivity contribution in [3.63, 3.8) is 0 Å². The second kappa shape index (κ2) is 7.34. The number of hydrogen-bond donors (Lipinski definition) is 1. The largest absolute Gasteiger partial charge is 0.366 e. The third kappa shape index (κ3) is 3.45. The first kappa shape index (κ1) is 17.0. The van der Waals surface area contributed by atoms with Crippen molar-refractivity contribution in [3.8, 4) is 23.3 Å². The summed E-state index contributed by atoms with van der Waals surface area (Å²) in [5.41, 5.74) is 10.8. The summed E-state index contributed by atoms with van der Waals surface area (Å²) >= 11 is 0. The lowest BCUT2D eigenvalue weighted by molar-refractivity contribution is 0.100. The summed E-state index contributed by atoms with van der Waals surface area (Å²) in [5.74, 6) is -0.494. The molecule has 0 aliphatic carbocycles. The zero-order valence-corrected chi connectivity index (χ0v) is 13.9. The average Bonchev–Trinajstić information content (AvgIpc) is 2.68. The van der Waals surface area contributed by atoms with Gasteiger partial charge in [-0.1, -0.05) is 36.4 Å². The number of nitrogens with two attached hydrogens (primary N) is 1. The smallest absolute Gasteiger partial charge is 0.249 e. The number of nitrogens with zero attached hydrogens (tertiary/aromatic N) is 2. The van der Waals surface area contributed by atoms with Crippen LogP contribution < -0.4 is 5.73 Å². The first-order chi connectivity index (χ1) is 12.6. The zero-order chi connectivity index (χ0) is 18.5. The number of amides is 1. The van der Waals surface area contributed by atoms with Crippen LogP contribution in [0.5, 0.6) is 0 Å². The van der Waals surface area contributed by atoms with Crippen molar-refractivity contribution in [3.05, 3.63) is 94.5 Å². The van der Waals surface area contributed by atoms with E-state index in [0.29, 0.717) is 23.1 Å². The molecule has 0 saturated heterocycles. The molecule has 26 heavy (non-hydrogen) atoms. The van der Waals surface area contributed by atoms with Crippen LogP contribution in [-0.4, -0.2) is 5.91 Å². The second-order valence-electron chi connectivity index (χ2n) is 5.88. The van der Waals surface area contributed by atoms with E-state index in [0.717, 1.165) is 22.3 Å². The molecule has 0 bridgehead atoms. The van der Waals surface area contributed by atoms with Gasteiger partial charge in [-0.15, -0.1) is 0 Å². The zero-order valence-electron chi connectivity index (χ0n) is 13.9. The highest BCUT2D eigenvalue weighted by Crippen LogP contribution is 2.30.